The molecule has 21 heavy (non-hydrogen) atoms. The highest BCUT2D eigenvalue weighted by Crippen LogP contribution is 2.26. The molecule has 0 unspecified atom stereocenters. The number of aromatic nitrogens is 1. The number of sulfonamides is 1. The lowest BCUT2D eigenvalue weighted by molar-refractivity contribution is 0.600. The molecule has 0 fully saturated rings. The zero-order valence-corrected chi connectivity index (χ0v) is 13.5. The fourth-order valence-electron chi connectivity index (χ4n) is 1.56. The van der Waals surface area contributed by atoms with Gasteiger partial charge in [-0.15, -0.1) is 0 Å². The molecule has 0 aliphatic rings. The zero-order chi connectivity index (χ0) is 15.6. The fraction of sp³-hybridized carbons (Fsp3) is 0. The van der Waals surface area contributed by atoms with Crippen LogP contribution in [0.3, 0.4) is 0 Å². The first-order valence-electron chi connectivity index (χ1n) is 5.54. The van der Waals surface area contributed by atoms with Gasteiger partial charge in [0.2, 0.25) is 0 Å². The van der Waals surface area contributed by atoms with Crippen LogP contribution in [0.5, 0.6) is 0 Å². The number of anilines is 1. The average Bonchev–Trinajstić information content (AvgIpc) is 2.42. The highest BCUT2D eigenvalue weighted by atomic mass is 35.5. The lowest BCUT2D eigenvalue weighted by Gasteiger charge is -2.11. The molecule has 0 bridgehead atoms. The SMILES string of the molecule is NC(=S)c1ncccc1S(=O)(=O)Nc1ccc(Cl)c(Cl)c1. The molecule has 0 saturated heterocycles. The van der Waals surface area contributed by atoms with Crippen LogP contribution in [0.1, 0.15) is 5.69 Å². The van der Waals surface area contributed by atoms with Crippen LogP contribution in [-0.4, -0.2) is 18.4 Å². The van der Waals surface area contributed by atoms with Crippen molar-refractivity contribution in [2.75, 3.05) is 4.72 Å². The van der Waals surface area contributed by atoms with Gasteiger partial charge in [-0.25, -0.2) is 8.42 Å². The Bertz CT molecular complexity index is 810. The van der Waals surface area contributed by atoms with Gasteiger partial charge in [-0.3, -0.25) is 9.71 Å². The molecular formula is C12H9Cl2N3O2S2. The Morgan fingerprint density at radius 1 is 1.24 bits per heavy atom. The van der Waals surface area contributed by atoms with E-state index >= 15 is 0 Å². The molecular weight excluding hydrogens is 353 g/mol. The molecule has 9 heteroatoms. The third-order valence-electron chi connectivity index (χ3n) is 2.47. The molecule has 0 aliphatic carbocycles. The number of nitrogens with zero attached hydrogens (tertiary/aromatic N) is 1. The quantitative estimate of drug-likeness (QED) is 0.817. The van der Waals surface area contributed by atoms with E-state index < -0.39 is 10.0 Å². The van der Waals surface area contributed by atoms with Crippen LogP contribution in [0.4, 0.5) is 5.69 Å². The number of hydrogen-bond acceptors (Lipinski definition) is 4. The van der Waals surface area contributed by atoms with Crippen molar-refractivity contribution in [1.82, 2.24) is 4.98 Å². The number of thiocarbonyl (C=S) groups is 1. The lowest BCUT2D eigenvalue weighted by atomic mass is 10.3. The summed E-state index contributed by atoms with van der Waals surface area (Å²) in [6.45, 7) is 0. The predicted octanol–water partition coefficient (Wildman–Crippen LogP) is 2.82. The normalized spacial score (nSPS) is 11.1. The van der Waals surface area contributed by atoms with E-state index in [4.69, 9.17) is 41.2 Å². The van der Waals surface area contributed by atoms with Gasteiger partial charge in [-0.2, -0.15) is 0 Å². The van der Waals surface area contributed by atoms with Gasteiger partial charge in [0.15, 0.2) is 0 Å². The molecule has 2 rings (SSSR count). The number of halogens is 2. The van der Waals surface area contributed by atoms with Crippen molar-refractivity contribution in [3.8, 4) is 0 Å². The first-order chi connectivity index (χ1) is 9.81. The van der Waals surface area contributed by atoms with E-state index in [-0.39, 0.29) is 26.3 Å². The fourth-order valence-corrected chi connectivity index (χ4v) is 3.31. The van der Waals surface area contributed by atoms with E-state index in [0.29, 0.717) is 5.02 Å². The average molecular weight is 362 g/mol. The van der Waals surface area contributed by atoms with Crippen molar-refractivity contribution in [2.24, 2.45) is 5.73 Å². The second-order valence-corrected chi connectivity index (χ2v) is 6.85. The Morgan fingerprint density at radius 3 is 2.57 bits per heavy atom. The van der Waals surface area contributed by atoms with Gasteiger partial charge in [0, 0.05) is 6.20 Å². The van der Waals surface area contributed by atoms with Gasteiger partial charge in [0.1, 0.15) is 15.6 Å². The molecule has 0 aliphatic heterocycles. The minimum absolute atomic E-state index is 0.0278. The van der Waals surface area contributed by atoms with Crippen LogP contribution in [-0.2, 0) is 10.0 Å². The van der Waals surface area contributed by atoms with E-state index in [0.717, 1.165) is 0 Å². The Balaban J connectivity index is 2.43. The van der Waals surface area contributed by atoms with Gasteiger partial charge < -0.3 is 5.73 Å². The number of hydrogen-bond donors (Lipinski definition) is 2. The standard InChI is InChI=1S/C12H9Cl2N3O2S2/c13-8-4-3-7(6-9(8)14)17-21(18,19)10-2-1-5-16-11(10)12(15)20/h1-6,17H,(H2,15,20). The lowest BCUT2D eigenvalue weighted by Crippen LogP contribution is -2.21. The predicted molar refractivity (Wildman–Crippen MR) is 87.4 cm³/mol. The van der Waals surface area contributed by atoms with Gasteiger partial charge in [0.05, 0.1) is 15.7 Å². The summed E-state index contributed by atoms with van der Waals surface area (Å²) in [5.41, 5.74) is 5.78. The molecule has 1 heterocycles. The summed E-state index contributed by atoms with van der Waals surface area (Å²) in [7, 11) is -3.90. The Hall–Kier alpha value is -1.41. The smallest absolute Gasteiger partial charge is 0.264 e. The first-order valence-corrected chi connectivity index (χ1v) is 8.18. The van der Waals surface area contributed by atoms with Gasteiger partial charge >= 0.3 is 0 Å². The maximum Gasteiger partial charge on any atom is 0.264 e. The molecule has 1 aromatic carbocycles. The third kappa shape index (κ3) is 3.62. The number of rotatable bonds is 4. The molecule has 1 aromatic heterocycles. The van der Waals surface area contributed by atoms with Crippen molar-refractivity contribution in [3.05, 3.63) is 52.3 Å². The van der Waals surface area contributed by atoms with Crippen molar-refractivity contribution in [3.63, 3.8) is 0 Å². The Kier molecular flexibility index (Phi) is 4.67. The van der Waals surface area contributed by atoms with Gasteiger partial charge in [-0.1, -0.05) is 35.4 Å². The summed E-state index contributed by atoms with van der Waals surface area (Å²) in [5, 5.41) is 0.558. The largest absolute Gasteiger partial charge is 0.388 e. The Morgan fingerprint density at radius 2 is 1.95 bits per heavy atom. The molecule has 2 aromatic rings. The summed E-state index contributed by atoms with van der Waals surface area (Å²) in [4.78, 5) is 3.67. The van der Waals surface area contributed by atoms with Crippen LogP contribution in [0.2, 0.25) is 10.0 Å². The zero-order valence-electron chi connectivity index (χ0n) is 10.4. The molecule has 5 nitrogen and oxygen atoms in total. The topological polar surface area (TPSA) is 85.1 Å². The maximum atomic E-state index is 12.4. The molecule has 0 amide bonds. The summed E-state index contributed by atoms with van der Waals surface area (Å²) in [6, 6.07) is 7.22. The highest BCUT2D eigenvalue weighted by Gasteiger charge is 2.21. The number of nitrogens with one attached hydrogen (secondary N) is 1. The van der Waals surface area contributed by atoms with Gasteiger partial charge in [-0.05, 0) is 30.3 Å². The van der Waals surface area contributed by atoms with E-state index in [1.54, 1.807) is 0 Å². The van der Waals surface area contributed by atoms with E-state index in [1.165, 1.54) is 36.5 Å². The minimum atomic E-state index is -3.90. The molecule has 0 atom stereocenters. The molecule has 0 radical (unpaired) electrons. The summed E-state index contributed by atoms with van der Waals surface area (Å²) in [6.07, 6.45) is 1.41. The monoisotopic (exact) mass is 361 g/mol. The second-order valence-electron chi connectivity index (χ2n) is 3.95. The first kappa shape index (κ1) is 16.0. The molecule has 3 N–H and O–H groups in total. The minimum Gasteiger partial charge on any atom is -0.388 e. The van der Waals surface area contributed by atoms with Crippen molar-refractivity contribution >= 4 is 56.1 Å². The molecule has 110 valence electrons. The van der Waals surface area contributed by atoms with Crippen LogP contribution >= 0.6 is 35.4 Å². The van der Waals surface area contributed by atoms with Crippen molar-refractivity contribution in [2.45, 2.75) is 4.90 Å². The highest BCUT2D eigenvalue weighted by molar-refractivity contribution is 7.93. The molecule has 0 saturated carbocycles. The van der Waals surface area contributed by atoms with Crippen molar-refractivity contribution in [1.29, 1.82) is 0 Å². The summed E-state index contributed by atoms with van der Waals surface area (Å²) < 4.78 is 27.1. The van der Waals surface area contributed by atoms with E-state index in [1.807, 2.05) is 0 Å². The van der Waals surface area contributed by atoms with Crippen LogP contribution in [0, 0.1) is 0 Å². The maximum absolute atomic E-state index is 12.4. The van der Waals surface area contributed by atoms with Crippen LogP contribution in [0.15, 0.2) is 41.4 Å². The summed E-state index contributed by atoms with van der Waals surface area (Å²) >= 11 is 16.4. The number of pyridine rings is 1. The van der Waals surface area contributed by atoms with E-state index in [2.05, 4.69) is 9.71 Å². The molecule has 0 spiro atoms. The summed E-state index contributed by atoms with van der Waals surface area (Å²) in [5.74, 6) is 0. The second kappa shape index (κ2) is 6.15. The van der Waals surface area contributed by atoms with E-state index in [9.17, 15) is 8.42 Å². The Labute approximate surface area is 137 Å². The van der Waals surface area contributed by atoms with Crippen molar-refractivity contribution < 1.29 is 8.42 Å². The van der Waals surface area contributed by atoms with Crippen LogP contribution < -0.4 is 10.5 Å². The number of benzene rings is 1. The number of nitrogens with two attached hydrogens (primary N) is 1. The van der Waals surface area contributed by atoms with Gasteiger partial charge in [0.25, 0.3) is 10.0 Å². The van der Waals surface area contributed by atoms with Crippen LogP contribution in [0.25, 0.3) is 0 Å². The third-order valence-corrected chi connectivity index (χ3v) is 4.81.